The van der Waals surface area contributed by atoms with Gasteiger partial charge in [-0.25, -0.2) is 4.79 Å². The van der Waals surface area contributed by atoms with Crippen LogP contribution in [0, 0.1) is 0 Å². The van der Waals surface area contributed by atoms with Gasteiger partial charge in [-0.05, 0) is 104 Å². The van der Waals surface area contributed by atoms with E-state index in [1.54, 1.807) is 0 Å². The Morgan fingerprint density at radius 3 is 1.66 bits per heavy atom. The van der Waals surface area contributed by atoms with Gasteiger partial charge in [0.2, 0.25) is 0 Å². The maximum Gasteiger partial charge on any atom is 0.336 e. The molecule has 0 aromatic heterocycles. The summed E-state index contributed by atoms with van der Waals surface area (Å²) >= 11 is 0. The Morgan fingerprint density at radius 1 is 0.737 bits per heavy atom. The number of hydrogen-bond donors (Lipinski definition) is 1. The van der Waals surface area contributed by atoms with Crippen LogP contribution in [-0.4, -0.2) is 36.9 Å². The topological polar surface area (TPSA) is 72.8 Å². The van der Waals surface area contributed by atoms with Crippen LogP contribution in [0.4, 0.5) is 0 Å². The molecule has 0 bridgehead atoms. The van der Waals surface area contributed by atoms with Gasteiger partial charge in [0, 0.05) is 6.92 Å². The Balaban J connectivity index is 4.52. The molecule has 0 aliphatic rings. The molecule has 5 heteroatoms. The lowest BCUT2D eigenvalue weighted by molar-refractivity contribution is -0.147. The molecule has 0 radical (unpaired) electrons. The van der Waals surface area contributed by atoms with Gasteiger partial charge in [0.15, 0.2) is 0 Å². The van der Waals surface area contributed by atoms with Crippen LogP contribution < -0.4 is 0 Å². The average molecular weight is 529 g/mol. The van der Waals surface area contributed by atoms with Gasteiger partial charge >= 0.3 is 11.9 Å². The predicted octanol–water partition coefficient (Wildman–Crippen LogP) is 8.27. The molecule has 0 fully saturated rings. The van der Waals surface area contributed by atoms with Gasteiger partial charge in [-0.3, -0.25) is 4.79 Å². The van der Waals surface area contributed by atoms with Crippen molar-refractivity contribution in [2.24, 2.45) is 0 Å². The second-order valence-electron chi connectivity index (χ2n) is 10.3. The van der Waals surface area contributed by atoms with Gasteiger partial charge in [-0.2, -0.15) is 0 Å². The quantitative estimate of drug-likeness (QED) is 0.0790. The maximum absolute atomic E-state index is 11.8. The molecule has 5 nitrogen and oxygen atoms in total. The highest BCUT2D eigenvalue weighted by atomic mass is 16.6. The zero-order valence-corrected chi connectivity index (χ0v) is 25.0. The van der Waals surface area contributed by atoms with Crippen LogP contribution >= 0.6 is 0 Å². The lowest BCUT2D eigenvalue weighted by Gasteiger charge is -2.18. The van der Waals surface area contributed by atoms with Gasteiger partial charge in [0.1, 0.15) is 6.10 Å². The Labute approximate surface area is 232 Å². The first-order valence-corrected chi connectivity index (χ1v) is 13.8. The van der Waals surface area contributed by atoms with Crippen molar-refractivity contribution in [3.05, 3.63) is 70.4 Å². The summed E-state index contributed by atoms with van der Waals surface area (Å²) in [6.07, 6.45) is 19.8. The molecule has 1 atom stereocenters. The van der Waals surface area contributed by atoms with E-state index >= 15 is 0 Å². The Hall–Kier alpha value is -2.66. The van der Waals surface area contributed by atoms with E-state index in [4.69, 9.17) is 4.74 Å². The summed E-state index contributed by atoms with van der Waals surface area (Å²) in [6.45, 7) is 15.8. The zero-order valence-electron chi connectivity index (χ0n) is 25.0. The number of ether oxygens (including phenoxy) is 2. The summed E-state index contributed by atoms with van der Waals surface area (Å²) in [5.74, 6) is -1.09. The highest BCUT2D eigenvalue weighted by molar-refractivity contribution is 5.89. The minimum Gasteiger partial charge on any atom is -0.466 e. The number of aliphatic hydroxyl groups excluding tert-OH is 1. The first kappa shape index (κ1) is 35.3. The lowest BCUT2D eigenvalue weighted by Crippen LogP contribution is -2.24. The number of carbonyl (C=O) groups is 2. The second-order valence-corrected chi connectivity index (χ2v) is 10.3. The summed E-state index contributed by atoms with van der Waals surface area (Å²) in [7, 11) is 1.26. The van der Waals surface area contributed by atoms with Crippen LogP contribution in [0.1, 0.15) is 106 Å². The summed E-state index contributed by atoms with van der Waals surface area (Å²) in [6, 6.07) is 0. The molecule has 1 unspecified atom stereocenters. The molecule has 0 rings (SSSR count). The summed E-state index contributed by atoms with van der Waals surface area (Å²) in [5, 5.41) is 9.74. The van der Waals surface area contributed by atoms with E-state index in [1.807, 2.05) is 6.08 Å². The molecule has 0 aromatic carbocycles. The van der Waals surface area contributed by atoms with Crippen molar-refractivity contribution >= 4 is 11.9 Å². The number of unbranched alkanes of at least 4 members (excludes halogenated alkanes) is 1. The molecule has 38 heavy (non-hydrogen) atoms. The number of aliphatic hydroxyl groups is 1. The van der Waals surface area contributed by atoms with Crippen LogP contribution in [-0.2, 0) is 19.1 Å². The summed E-state index contributed by atoms with van der Waals surface area (Å²) < 4.78 is 9.92. The van der Waals surface area contributed by atoms with E-state index in [9.17, 15) is 14.7 Å². The summed E-state index contributed by atoms with van der Waals surface area (Å²) in [5.41, 5.74) is 6.59. The van der Waals surface area contributed by atoms with Crippen LogP contribution in [0.3, 0.4) is 0 Å². The van der Waals surface area contributed by atoms with Crippen LogP contribution in [0.25, 0.3) is 0 Å². The SMILES string of the molecule is C=C(C(=O)OC)C(CC/C(=C/CC/C(C)=C/CC/C=C(\C)CC/C=C(\C)CCC=C(C)C)CO)OC(C)=O. The van der Waals surface area contributed by atoms with Crippen LogP contribution in [0.2, 0.25) is 0 Å². The molecule has 0 aliphatic heterocycles. The van der Waals surface area contributed by atoms with E-state index in [2.05, 4.69) is 70.2 Å². The van der Waals surface area contributed by atoms with Gasteiger partial charge in [-0.1, -0.05) is 59.3 Å². The zero-order chi connectivity index (χ0) is 28.9. The van der Waals surface area contributed by atoms with Crippen molar-refractivity contribution in [3.8, 4) is 0 Å². The lowest BCUT2D eigenvalue weighted by atomic mass is 10.0. The van der Waals surface area contributed by atoms with E-state index in [0.29, 0.717) is 12.8 Å². The Kier molecular flexibility index (Phi) is 19.8. The Morgan fingerprint density at radius 2 is 1.21 bits per heavy atom. The third kappa shape index (κ3) is 18.6. The molecule has 0 saturated carbocycles. The van der Waals surface area contributed by atoms with Crippen molar-refractivity contribution in [2.75, 3.05) is 13.7 Å². The number of esters is 2. The number of allylic oxidation sites excluding steroid dienone is 9. The van der Waals surface area contributed by atoms with Crippen LogP contribution in [0.5, 0.6) is 0 Å². The number of rotatable bonds is 19. The minimum atomic E-state index is -0.763. The standard InChI is InChI=1S/C33H52O5/c1-25(2)14-11-17-28(5)19-12-18-26(3)15-9-10-16-27(4)20-13-21-31(24-34)22-23-32(38-30(7)35)29(6)33(36)37-8/h14-16,19,21,32,34H,6,9-13,17-18,20,22-24H2,1-5,7-8H3/b26-15+,27-16+,28-19+,31-21-. The van der Waals surface area contributed by atoms with Crippen molar-refractivity contribution in [2.45, 2.75) is 112 Å². The smallest absolute Gasteiger partial charge is 0.336 e. The van der Waals surface area contributed by atoms with Crippen LogP contribution in [0.15, 0.2) is 70.4 Å². The molecule has 0 amide bonds. The normalized spacial score (nSPS) is 13.7. The first-order valence-electron chi connectivity index (χ1n) is 13.8. The van der Waals surface area contributed by atoms with Crippen molar-refractivity contribution in [1.82, 2.24) is 0 Å². The van der Waals surface area contributed by atoms with Crippen molar-refractivity contribution in [3.63, 3.8) is 0 Å². The van der Waals surface area contributed by atoms with Crippen molar-refractivity contribution in [1.29, 1.82) is 0 Å². The molecule has 0 spiro atoms. The number of hydrogen-bond acceptors (Lipinski definition) is 5. The van der Waals surface area contributed by atoms with Gasteiger partial charge < -0.3 is 14.6 Å². The summed E-state index contributed by atoms with van der Waals surface area (Å²) in [4.78, 5) is 23.2. The average Bonchev–Trinajstić information content (AvgIpc) is 2.86. The highest BCUT2D eigenvalue weighted by Crippen LogP contribution is 2.19. The van der Waals surface area contributed by atoms with Gasteiger partial charge in [0.25, 0.3) is 0 Å². The molecule has 0 saturated heterocycles. The molecular weight excluding hydrogens is 476 g/mol. The molecule has 0 heterocycles. The van der Waals surface area contributed by atoms with E-state index in [-0.39, 0.29) is 12.2 Å². The minimum absolute atomic E-state index is 0.0749. The maximum atomic E-state index is 11.8. The second kappa shape index (κ2) is 21.3. The molecule has 214 valence electrons. The van der Waals surface area contributed by atoms with E-state index in [0.717, 1.165) is 56.9 Å². The third-order valence-corrected chi connectivity index (χ3v) is 6.32. The first-order chi connectivity index (χ1) is 18.0. The third-order valence-electron chi connectivity index (χ3n) is 6.32. The van der Waals surface area contributed by atoms with Gasteiger partial charge in [-0.15, -0.1) is 0 Å². The Bertz CT molecular complexity index is 894. The molecule has 0 aromatic rings. The highest BCUT2D eigenvalue weighted by Gasteiger charge is 2.22. The molecule has 1 N–H and O–H groups in total. The van der Waals surface area contributed by atoms with Crippen molar-refractivity contribution < 1.29 is 24.2 Å². The monoisotopic (exact) mass is 528 g/mol. The fraction of sp³-hybridized carbons (Fsp3) is 0.576. The van der Waals surface area contributed by atoms with E-state index in [1.165, 1.54) is 36.3 Å². The fourth-order valence-electron chi connectivity index (χ4n) is 3.93. The molecule has 0 aliphatic carbocycles. The largest absolute Gasteiger partial charge is 0.466 e. The van der Waals surface area contributed by atoms with E-state index < -0.39 is 18.0 Å². The molecular formula is C33H52O5. The fourth-order valence-corrected chi connectivity index (χ4v) is 3.93. The number of carbonyl (C=O) groups excluding carboxylic acids is 2. The predicted molar refractivity (Wildman–Crippen MR) is 159 cm³/mol. The number of methoxy groups -OCH3 is 1. The van der Waals surface area contributed by atoms with Gasteiger partial charge in [0.05, 0.1) is 19.3 Å².